The lowest BCUT2D eigenvalue weighted by atomic mass is 9.42. The van der Waals surface area contributed by atoms with Crippen LogP contribution in [0.5, 0.6) is 0 Å². The van der Waals surface area contributed by atoms with Crippen LogP contribution >= 0.6 is 0 Å². The molecule has 3 saturated carbocycles. The van der Waals surface area contributed by atoms with Crippen LogP contribution in [0.3, 0.4) is 0 Å². The van der Waals surface area contributed by atoms with Crippen molar-refractivity contribution in [1.29, 1.82) is 0 Å². The molecule has 11 atom stereocenters. The summed E-state index contributed by atoms with van der Waals surface area (Å²) in [6, 6.07) is 15.8. The highest BCUT2D eigenvalue weighted by atomic mass is 16.6. The normalized spacial score (nSPS) is 30.4. The Balaban J connectivity index is 1.37. The monoisotopic (exact) mass is 1010 g/mol. The maximum absolute atomic E-state index is 15.4. The number of rotatable bonds is 18. The van der Waals surface area contributed by atoms with Gasteiger partial charge in [0.1, 0.15) is 48.1 Å². The van der Waals surface area contributed by atoms with Crippen LogP contribution in [0.4, 0.5) is 4.79 Å². The molecule has 73 heavy (non-hydrogen) atoms. The summed E-state index contributed by atoms with van der Waals surface area (Å²) >= 11 is 0. The maximum Gasteiger partial charge on any atom is 0.408 e. The molecule has 16 heteroatoms. The molecule has 0 radical (unpaired) electrons. The number of esters is 5. The van der Waals surface area contributed by atoms with E-state index < -0.39 is 112 Å². The van der Waals surface area contributed by atoms with Gasteiger partial charge in [-0.3, -0.25) is 19.2 Å². The van der Waals surface area contributed by atoms with Gasteiger partial charge >= 0.3 is 35.9 Å². The first-order valence-electron chi connectivity index (χ1n) is 25.4. The molecule has 3 N–H and O–H groups in total. The highest BCUT2D eigenvalue weighted by molar-refractivity contribution is 5.89. The summed E-state index contributed by atoms with van der Waals surface area (Å²) in [5.41, 5.74) is -5.89. The van der Waals surface area contributed by atoms with Gasteiger partial charge in [0, 0.05) is 37.5 Å². The van der Waals surface area contributed by atoms with E-state index in [0.29, 0.717) is 54.5 Å². The first-order valence-corrected chi connectivity index (χ1v) is 25.4. The topological polar surface area (TPSA) is 211 Å². The molecule has 4 fully saturated rings. The molecule has 7 rings (SSSR count). The van der Waals surface area contributed by atoms with Gasteiger partial charge in [0.25, 0.3) is 0 Å². The van der Waals surface area contributed by atoms with E-state index in [-0.39, 0.29) is 30.9 Å². The third-order valence-electron chi connectivity index (χ3n) is 16.3. The Kier molecular flexibility index (Phi) is 15.7. The molecule has 5 aliphatic rings. The van der Waals surface area contributed by atoms with Gasteiger partial charge in [0.2, 0.25) is 0 Å². The minimum absolute atomic E-state index is 0.0233. The summed E-state index contributed by atoms with van der Waals surface area (Å²) < 4.78 is 44.0. The molecule has 2 aromatic carbocycles. The van der Waals surface area contributed by atoms with Crippen LogP contribution in [0.15, 0.2) is 96.1 Å². The van der Waals surface area contributed by atoms with Crippen molar-refractivity contribution in [2.45, 2.75) is 155 Å². The number of aliphatic hydroxyl groups is 1. The Morgan fingerprint density at radius 2 is 1.55 bits per heavy atom. The number of ether oxygens (including phenoxy) is 7. The smallest absolute Gasteiger partial charge is 0.408 e. The van der Waals surface area contributed by atoms with E-state index in [2.05, 4.69) is 17.2 Å². The summed E-state index contributed by atoms with van der Waals surface area (Å²) in [5, 5.41) is 20.3. The minimum Gasteiger partial charge on any atom is -0.465 e. The van der Waals surface area contributed by atoms with Gasteiger partial charge < -0.3 is 48.9 Å². The largest absolute Gasteiger partial charge is 0.465 e. The molecule has 0 aromatic heterocycles. The maximum atomic E-state index is 15.4. The van der Waals surface area contributed by atoms with Crippen molar-refractivity contribution in [3.8, 4) is 0 Å². The van der Waals surface area contributed by atoms with Crippen LogP contribution in [0.2, 0.25) is 0 Å². The number of carbonyl (C=O) groups is 6. The summed E-state index contributed by atoms with van der Waals surface area (Å²) in [6.45, 7) is 26.4. The van der Waals surface area contributed by atoms with Crippen molar-refractivity contribution in [3.63, 3.8) is 0 Å². The zero-order valence-electron chi connectivity index (χ0n) is 44.1. The molecule has 1 saturated heterocycles. The van der Waals surface area contributed by atoms with Crippen molar-refractivity contribution < 1.29 is 67.0 Å². The third-order valence-corrected chi connectivity index (χ3v) is 16.3. The Bertz CT molecular complexity index is 2520. The summed E-state index contributed by atoms with van der Waals surface area (Å²) in [5.74, 6) is -5.17. The Hall–Kier alpha value is -5.84. The van der Waals surface area contributed by atoms with Crippen molar-refractivity contribution >= 4 is 35.9 Å². The lowest BCUT2D eigenvalue weighted by molar-refractivity contribution is -0.357. The van der Waals surface area contributed by atoms with Crippen LogP contribution in [0.25, 0.3) is 0 Å². The summed E-state index contributed by atoms with van der Waals surface area (Å²) in [4.78, 5) is 84.0. The molecule has 396 valence electrons. The Labute approximate surface area is 428 Å². The lowest BCUT2D eigenvalue weighted by Crippen LogP contribution is -2.81. The SMILES string of the molecule is C=C(CCNCC)CCC(=O)OC[C@@H](C(=O)O[C@H]1C[C@@]2(O)[C@@H](OC(=O)c3ccccc3)[C@]3(C)[C@]4(OC(C)=O)CO[C@@H]4C[C@@H]4C[C@@]43C(=C)C(OC(C)=O)C(=C1C)C2(C)C)[C@@H](NC(=O)OC(C)(C)C)c1ccccc1. The third kappa shape index (κ3) is 10.1. The Morgan fingerprint density at radius 1 is 0.890 bits per heavy atom. The van der Waals surface area contributed by atoms with E-state index in [1.54, 1.807) is 102 Å². The van der Waals surface area contributed by atoms with Gasteiger partial charge in [0.15, 0.2) is 5.60 Å². The zero-order chi connectivity index (χ0) is 53.5. The minimum atomic E-state index is -2.21. The van der Waals surface area contributed by atoms with Crippen LogP contribution in [-0.2, 0) is 52.3 Å². The molecule has 1 spiro atoms. The second-order valence-corrected chi connectivity index (χ2v) is 22.2. The molecule has 2 aromatic rings. The highest BCUT2D eigenvalue weighted by Crippen LogP contribution is 2.82. The fraction of sp³-hybridized carbons (Fsp3) is 0.579. The fourth-order valence-corrected chi connectivity index (χ4v) is 12.6. The van der Waals surface area contributed by atoms with Crippen LogP contribution < -0.4 is 10.6 Å². The van der Waals surface area contributed by atoms with Gasteiger partial charge in [0.05, 0.1) is 23.6 Å². The number of benzene rings is 2. The first-order chi connectivity index (χ1) is 34.3. The van der Waals surface area contributed by atoms with E-state index in [0.717, 1.165) is 12.1 Å². The zero-order valence-corrected chi connectivity index (χ0v) is 44.1. The number of alkyl carbamates (subject to hydrolysis) is 1. The number of carbonyl (C=O) groups excluding carboxylic acids is 6. The number of amides is 1. The molecular weight excluding hydrogens is 937 g/mol. The van der Waals surface area contributed by atoms with E-state index in [1.807, 2.05) is 13.8 Å². The van der Waals surface area contributed by atoms with Crippen molar-refractivity contribution in [3.05, 3.63) is 107 Å². The second kappa shape index (κ2) is 20.8. The number of hydrogen-bond acceptors (Lipinski definition) is 15. The predicted octanol–water partition coefficient (Wildman–Crippen LogP) is 7.98. The average molecular weight is 1010 g/mol. The lowest BCUT2D eigenvalue weighted by Gasteiger charge is -2.69. The van der Waals surface area contributed by atoms with Crippen LogP contribution in [0.1, 0.15) is 130 Å². The van der Waals surface area contributed by atoms with Crippen molar-refractivity contribution in [1.82, 2.24) is 10.6 Å². The van der Waals surface area contributed by atoms with E-state index >= 15 is 4.79 Å². The quantitative estimate of drug-likeness (QED) is 0.0559. The van der Waals surface area contributed by atoms with E-state index in [1.165, 1.54) is 13.8 Å². The molecule has 1 unspecified atom stereocenters. The van der Waals surface area contributed by atoms with Crippen molar-refractivity contribution in [2.75, 3.05) is 26.3 Å². The van der Waals surface area contributed by atoms with Gasteiger partial charge in [-0.1, -0.05) is 95.0 Å². The van der Waals surface area contributed by atoms with E-state index in [4.69, 9.17) is 39.7 Å². The molecule has 1 amide bonds. The van der Waals surface area contributed by atoms with Crippen molar-refractivity contribution in [2.24, 2.45) is 28.1 Å². The fourth-order valence-electron chi connectivity index (χ4n) is 12.6. The molecule has 1 heterocycles. The average Bonchev–Trinajstić information content (AvgIpc) is 4.06. The summed E-state index contributed by atoms with van der Waals surface area (Å²) in [6.07, 6.45) is -4.10. The molecule has 4 aliphatic carbocycles. The van der Waals surface area contributed by atoms with Gasteiger partial charge in [-0.15, -0.1) is 0 Å². The number of fused-ring (bicyclic) bond motifs is 4. The predicted molar refractivity (Wildman–Crippen MR) is 268 cm³/mol. The molecule has 1 aliphatic heterocycles. The van der Waals surface area contributed by atoms with E-state index in [9.17, 15) is 29.1 Å². The summed E-state index contributed by atoms with van der Waals surface area (Å²) in [7, 11) is 0. The standard InChI is InChI=1S/C57H74N2O14/c1-13-58-27-26-33(2)24-25-44(62)67-31-41(46(38-20-16-14-17-21-38)59-51(65)73-52(7,8)9)49(64)70-42-30-56(66)50(71-48(63)39-22-18-15-19-23-39)54(12)55(29-40(55)28-43-57(54,32-68-43)72-37(6)61)35(4)47(69-36(5)60)45(34(42)3)53(56,10)11/h14-23,40-43,46-47,50,58,66H,2,4,13,24-32H2,1,3,5-12H3,(H,59,65)/t40-,41-,42+,43-,46+,47?,50+,54+,55-,56-,57+/m1/s1. The van der Waals surface area contributed by atoms with Crippen LogP contribution in [0, 0.1) is 28.1 Å². The highest BCUT2D eigenvalue weighted by Gasteiger charge is 2.88. The Morgan fingerprint density at radius 3 is 2.14 bits per heavy atom. The van der Waals surface area contributed by atoms with Crippen LogP contribution in [-0.4, -0.2) is 109 Å². The van der Waals surface area contributed by atoms with Gasteiger partial charge in [-0.05, 0) is 107 Å². The van der Waals surface area contributed by atoms with Gasteiger partial charge in [-0.2, -0.15) is 0 Å². The number of hydrogen-bond donors (Lipinski definition) is 3. The second-order valence-electron chi connectivity index (χ2n) is 22.2. The molecular formula is C57H74N2O14. The first kappa shape index (κ1) is 54.9. The molecule has 16 nitrogen and oxygen atoms in total. The van der Waals surface area contributed by atoms with Gasteiger partial charge in [-0.25, -0.2) is 9.59 Å². The number of nitrogens with one attached hydrogen (secondary N) is 2. The molecule has 2 bridgehead atoms.